The molecule has 19 heavy (non-hydrogen) atoms. The summed E-state index contributed by atoms with van der Waals surface area (Å²) in [6.45, 7) is 6.32. The van der Waals surface area contributed by atoms with E-state index in [-0.39, 0.29) is 11.8 Å². The lowest BCUT2D eigenvalue weighted by molar-refractivity contribution is -0.121. The lowest BCUT2D eigenvalue weighted by Crippen LogP contribution is -2.36. The second-order valence-electron chi connectivity index (χ2n) is 4.85. The van der Waals surface area contributed by atoms with Gasteiger partial charge in [-0.15, -0.1) is 0 Å². The highest BCUT2D eigenvalue weighted by Gasteiger charge is 2.21. The first-order valence-corrected chi connectivity index (χ1v) is 6.59. The zero-order valence-electron chi connectivity index (χ0n) is 12.5. The third kappa shape index (κ3) is 3.26. The minimum absolute atomic E-state index is 0.0639. The molecule has 0 bridgehead atoms. The quantitative estimate of drug-likeness (QED) is 0.887. The zero-order chi connectivity index (χ0) is 14.6. The average Bonchev–Trinajstić information content (AvgIpc) is 2.38. The van der Waals surface area contributed by atoms with E-state index in [2.05, 4.69) is 0 Å². The van der Waals surface area contributed by atoms with Crippen molar-refractivity contribution < 1.29 is 9.53 Å². The number of benzene rings is 1. The van der Waals surface area contributed by atoms with Crippen LogP contribution in [-0.2, 0) is 4.79 Å². The van der Waals surface area contributed by atoms with Gasteiger partial charge in [0.2, 0.25) is 5.91 Å². The van der Waals surface area contributed by atoms with Gasteiger partial charge in [-0.2, -0.15) is 0 Å². The molecule has 4 nitrogen and oxygen atoms in total. The summed E-state index contributed by atoms with van der Waals surface area (Å²) in [5.41, 5.74) is 8.57. The van der Waals surface area contributed by atoms with Gasteiger partial charge in [-0.1, -0.05) is 6.92 Å². The number of amides is 1. The number of aryl methyl sites for hydroxylation is 2. The fraction of sp³-hybridized carbons (Fsp3) is 0.533. The van der Waals surface area contributed by atoms with Crippen molar-refractivity contribution in [3.05, 3.63) is 23.3 Å². The summed E-state index contributed by atoms with van der Waals surface area (Å²) in [7, 11) is 3.45. The molecule has 1 unspecified atom stereocenters. The number of hydrogen-bond donors (Lipinski definition) is 1. The molecule has 1 rings (SSSR count). The number of anilines is 1. The summed E-state index contributed by atoms with van der Waals surface area (Å²) >= 11 is 0. The molecule has 0 fully saturated rings. The molecule has 0 saturated heterocycles. The van der Waals surface area contributed by atoms with Crippen LogP contribution in [-0.4, -0.2) is 26.6 Å². The van der Waals surface area contributed by atoms with Crippen molar-refractivity contribution in [2.24, 2.45) is 11.7 Å². The zero-order valence-corrected chi connectivity index (χ0v) is 12.5. The number of rotatable bonds is 5. The Morgan fingerprint density at radius 3 is 2.26 bits per heavy atom. The topological polar surface area (TPSA) is 55.6 Å². The van der Waals surface area contributed by atoms with Gasteiger partial charge in [-0.25, -0.2) is 0 Å². The van der Waals surface area contributed by atoms with E-state index in [4.69, 9.17) is 10.5 Å². The highest BCUT2D eigenvalue weighted by Crippen LogP contribution is 2.29. The van der Waals surface area contributed by atoms with Crippen LogP contribution in [0.25, 0.3) is 0 Å². The van der Waals surface area contributed by atoms with Crippen molar-refractivity contribution in [2.75, 3.05) is 25.6 Å². The molecule has 1 aromatic carbocycles. The standard InChI is InChI=1S/C15H24N2O2/c1-6-12(9-16)15(18)17(4)13-7-10(2)14(19-5)11(3)8-13/h7-8,12H,6,9,16H2,1-5H3. The molecule has 0 aliphatic rings. The Hall–Kier alpha value is -1.55. The summed E-state index contributed by atoms with van der Waals surface area (Å²) in [5, 5.41) is 0. The normalized spacial score (nSPS) is 12.1. The van der Waals surface area contributed by atoms with Gasteiger partial charge in [-0.3, -0.25) is 4.79 Å². The smallest absolute Gasteiger partial charge is 0.231 e. The van der Waals surface area contributed by atoms with Crippen LogP contribution in [0.15, 0.2) is 12.1 Å². The van der Waals surface area contributed by atoms with Crippen LogP contribution in [0, 0.1) is 19.8 Å². The van der Waals surface area contributed by atoms with Crippen LogP contribution in [0.1, 0.15) is 24.5 Å². The highest BCUT2D eigenvalue weighted by molar-refractivity contribution is 5.95. The summed E-state index contributed by atoms with van der Waals surface area (Å²) in [5.74, 6) is 0.817. The van der Waals surface area contributed by atoms with Crippen molar-refractivity contribution in [1.82, 2.24) is 0 Å². The van der Waals surface area contributed by atoms with Crippen molar-refractivity contribution in [2.45, 2.75) is 27.2 Å². The summed E-state index contributed by atoms with van der Waals surface area (Å²) in [6, 6.07) is 3.93. The molecule has 1 aromatic rings. The van der Waals surface area contributed by atoms with E-state index in [1.807, 2.05) is 32.9 Å². The van der Waals surface area contributed by atoms with Gasteiger partial charge in [0.15, 0.2) is 0 Å². The van der Waals surface area contributed by atoms with Crippen LogP contribution in [0.3, 0.4) is 0 Å². The number of carbonyl (C=O) groups is 1. The molecule has 0 aromatic heterocycles. The average molecular weight is 264 g/mol. The fourth-order valence-corrected chi connectivity index (χ4v) is 2.29. The van der Waals surface area contributed by atoms with Gasteiger partial charge in [0.1, 0.15) is 5.75 Å². The maximum absolute atomic E-state index is 12.3. The Kier molecular flexibility index (Phi) is 5.36. The fourth-order valence-electron chi connectivity index (χ4n) is 2.29. The Labute approximate surface area is 115 Å². The van der Waals surface area contributed by atoms with E-state index in [0.717, 1.165) is 29.0 Å². The minimum Gasteiger partial charge on any atom is -0.496 e. The first-order valence-electron chi connectivity index (χ1n) is 6.59. The van der Waals surface area contributed by atoms with Gasteiger partial charge >= 0.3 is 0 Å². The van der Waals surface area contributed by atoms with Gasteiger partial charge < -0.3 is 15.4 Å². The molecule has 1 amide bonds. The van der Waals surface area contributed by atoms with E-state index in [0.29, 0.717) is 6.54 Å². The molecule has 0 heterocycles. The van der Waals surface area contributed by atoms with E-state index < -0.39 is 0 Å². The predicted molar refractivity (Wildman–Crippen MR) is 78.7 cm³/mol. The van der Waals surface area contributed by atoms with Crippen LogP contribution < -0.4 is 15.4 Å². The van der Waals surface area contributed by atoms with Gasteiger partial charge in [0, 0.05) is 19.3 Å². The summed E-state index contributed by atoms with van der Waals surface area (Å²) < 4.78 is 5.34. The minimum atomic E-state index is -0.118. The van der Waals surface area contributed by atoms with Crippen LogP contribution in [0.5, 0.6) is 5.75 Å². The monoisotopic (exact) mass is 264 g/mol. The summed E-state index contributed by atoms with van der Waals surface area (Å²) in [6.07, 6.45) is 0.758. The Balaban J connectivity index is 3.07. The number of ether oxygens (including phenoxy) is 1. The Morgan fingerprint density at radius 2 is 1.89 bits per heavy atom. The van der Waals surface area contributed by atoms with E-state index >= 15 is 0 Å². The van der Waals surface area contributed by atoms with Crippen LogP contribution in [0.2, 0.25) is 0 Å². The molecule has 0 radical (unpaired) electrons. The lowest BCUT2D eigenvalue weighted by atomic mass is 10.0. The third-order valence-corrected chi connectivity index (χ3v) is 3.49. The van der Waals surface area contributed by atoms with Gasteiger partial charge in [0.05, 0.1) is 13.0 Å². The third-order valence-electron chi connectivity index (χ3n) is 3.49. The van der Waals surface area contributed by atoms with Crippen LogP contribution in [0.4, 0.5) is 5.69 Å². The van der Waals surface area contributed by atoms with Crippen molar-refractivity contribution in [3.8, 4) is 5.75 Å². The van der Waals surface area contributed by atoms with Gasteiger partial charge in [0.25, 0.3) is 0 Å². The molecule has 0 aliphatic heterocycles. The predicted octanol–water partition coefficient (Wildman–Crippen LogP) is 2.26. The molecule has 2 N–H and O–H groups in total. The van der Waals surface area contributed by atoms with Crippen molar-refractivity contribution in [1.29, 1.82) is 0 Å². The molecule has 0 saturated carbocycles. The van der Waals surface area contributed by atoms with E-state index in [1.165, 1.54) is 0 Å². The molecular weight excluding hydrogens is 240 g/mol. The second kappa shape index (κ2) is 6.57. The summed E-state index contributed by atoms with van der Waals surface area (Å²) in [4.78, 5) is 14.0. The molecule has 1 atom stereocenters. The van der Waals surface area contributed by atoms with E-state index in [1.54, 1.807) is 19.1 Å². The highest BCUT2D eigenvalue weighted by atomic mass is 16.5. The largest absolute Gasteiger partial charge is 0.496 e. The van der Waals surface area contributed by atoms with Crippen molar-refractivity contribution in [3.63, 3.8) is 0 Å². The van der Waals surface area contributed by atoms with E-state index in [9.17, 15) is 4.79 Å². The number of carbonyl (C=O) groups excluding carboxylic acids is 1. The number of nitrogens with two attached hydrogens (primary N) is 1. The first kappa shape index (κ1) is 15.5. The first-order chi connectivity index (χ1) is 8.96. The maximum Gasteiger partial charge on any atom is 0.231 e. The molecule has 0 aliphatic carbocycles. The van der Waals surface area contributed by atoms with Gasteiger partial charge in [-0.05, 0) is 43.5 Å². The molecule has 106 valence electrons. The number of hydrogen-bond acceptors (Lipinski definition) is 3. The Morgan fingerprint density at radius 1 is 1.37 bits per heavy atom. The SMILES string of the molecule is CCC(CN)C(=O)N(C)c1cc(C)c(OC)c(C)c1. The molecular formula is C15H24N2O2. The number of nitrogens with zero attached hydrogens (tertiary/aromatic N) is 1. The van der Waals surface area contributed by atoms with Crippen molar-refractivity contribution >= 4 is 11.6 Å². The second-order valence-corrected chi connectivity index (χ2v) is 4.85. The lowest BCUT2D eigenvalue weighted by Gasteiger charge is -2.23. The molecule has 4 heteroatoms. The molecule has 0 spiro atoms. The Bertz CT molecular complexity index is 430. The van der Waals surface area contributed by atoms with Crippen LogP contribution >= 0.6 is 0 Å². The maximum atomic E-state index is 12.3. The number of methoxy groups -OCH3 is 1.